The lowest BCUT2D eigenvalue weighted by Gasteiger charge is -2.35. The second-order valence-corrected chi connectivity index (χ2v) is 7.24. The number of nitrogens with zero attached hydrogens (tertiary/aromatic N) is 4. The number of aromatic nitrogens is 2. The Labute approximate surface area is 156 Å². The first-order valence-corrected chi connectivity index (χ1v) is 9.54. The van der Waals surface area contributed by atoms with Gasteiger partial charge in [-0.1, -0.05) is 53.2 Å². The highest BCUT2D eigenvalue weighted by Crippen LogP contribution is 2.30. The number of fused-ring (bicyclic) bond motifs is 1. The normalized spacial score (nSPS) is 15.7. The molecule has 0 aliphatic carbocycles. The minimum absolute atomic E-state index is 0.795. The van der Waals surface area contributed by atoms with Gasteiger partial charge in [0.2, 0.25) is 0 Å². The first-order chi connectivity index (χ1) is 12.2. The van der Waals surface area contributed by atoms with Gasteiger partial charge in [0.05, 0.1) is 5.52 Å². The third kappa shape index (κ3) is 3.39. The van der Waals surface area contributed by atoms with E-state index in [1.165, 1.54) is 0 Å². The van der Waals surface area contributed by atoms with Gasteiger partial charge in [0.1, 0.15) is 5.82 Å². The number of piperazine rings is 1. The molecule has 0 unspecified atom stereocenters. The van der Waals surface area contributed by atoms with E-state index < -0.39 is 0 Å². The molecule has 2 heterocycles. The molecular weight excluding hydrogens is 376 g/mol. The van der Waals surface area contributed by atoms with E-state index in [-0.39, 0.29) is 0 Å². The number of hydrogen-bond acceptors (Lipinski definition) is 4. The summed E-state index contributed by atoms with van der Waals surface area (Å²) in [5, 5.41) is 1.11. The zero-order valence-corrected chi connectivity index (χ0v) is 15.9. The summed E-state index contributed by atoms with van der Waals surface area (Å²) in [6, 6.07) is 16.5. The van der Waals surface area contributed by atoms with Crippen LogP contribution in [0.2, 0.25) is 0 Å². The van der Waals surface area contributed by atoms with Crippen LogP contribution in [0.25, 0.3) is 22.3 Å². The lowest BCUT2D eigenvalue weighted by atomic mass is 10.1. The van der Waals surface area contributed by atoms with Gasteiger partial charge in [0.25, 0.3) is 0 Å². The smallest absolute Gasteiger partial charge is 0.162 e. The van der Waals surface area contributed by atoms with Crippen molar-refractivity contribution in [3.63, 3.8) is 0 Å². The minimum atomic E-state index is 0.795. The molecule has 1 aliphatic heterocycles. The van der Waals surface area contributed by atoms with Crippen LogP contribution < -0.4 is 4.90 Å². The van der Waals surface area contributed by atoms with E-state index in [0.717, 1.165) is 65.3 Å². The van der Waals surface area contributed by atoms with E-state index in [1.54, 1.807) is 0 Å². The maximum absolute atomic E-state index is 4.96. The average Bonchev–Trinajstić information content (AvgIpc) is 2.68. The molecule has 2 aromatic carbocycles. The molecule has 0 N–H and O–H groups in total. The van der Waals surface area contributed by atoms with Crippen LogP contribution in [-0.2, 0) is 0 Å². The van der Waals surface area contributed by atoms with Gasteiger partial charge >= 0.3 is 0 Å². The number of hydrogen-bond donors (Lipinski definition) is 0. The lowest BCUT2D eigenvalue weighted by molar-refractivity contribution is 0.271. The highest BCUT2D eigenvalue weighted by Gasteiger charge is 2.20. The van der Waals surface area contributed by atoms with E-state index in [2.05, 4.69) is 56.9 Å². The van der Waals surface area contributed by atoms with Crippen molar-refractivity contribution < 1.29 is 0 Å². The monoisotopic (exact) mass is 396 g/mol. The second kappa shape index (κ2) is 7.10. The number of rotatable bonds is 3. The summed E-state index contributed by atoms with van der Waals surface area (Å²) in [4.78, 5) is 14.6. The molecule has 128 valence electrons. The largest absolute Gasteiger partial charge is 0.353 e. The fourth-order valence-corrected chi connectivity index (χ4v) is 3.68. The van der Waals surface area contributed by atoms with Crippen molar-refractivity contribution in [3.05, 3.63) is 53.0 Å². The van der Waals surface area contributed by atoms with Crippen molar-refractivity contribution in [1.29, 1.82) is 0 Å². The van der Waals surface area contributed by atoms with Gasteiger partial charge in [-0.25, -0.2) is 9.97 Å². The molecular formula is C20H21BrN4. The Kier molecular flexibility index (Phi) is 4.68. The first-order valence-electron chi connectivity index (χ1n) is 8.74. The summed E-state index contributed by atoms with van der Waals surface area (Å²) in [6.45, 7) is 7.49. The van der Waals surface area contributed by atoms with Gasteiger partial charge in [0, 0.05) is 41.6 Å². The molecule has 0 bridgehead atoms. The maximum Gasteiger partial charge on any atom is 0.162 e. The SMILES string of the molecule is CCN1CCN(c2nc(-c3ccccc3)nc3ccc(Br)cc23)CC1. The van der Waals surface area contributed by atoms with Crippen LogP contribution >= 0.6 is 15.9 Å². The van der Waals surface area contributed by atoms with Gasteiger partial charge in [-0.05, 0) is 24.7 Å². The summed E-state index contributed by atoms with van der Waals surface area (Å²) < 4.78 is 1.06. The Morgan fingerprint density at radius 3 is 2.44 bits per heavy atom. The predicted octanol–water partition coefficient (Wildman–Crippen LogP) is 4.20. The van der Waals surface area contributed by atoms with Crippen molar-refractivity contribution in [2.75, 3.05) is 37.6 Å². The Morgan fingerprint density at radius 2 is 1.72 bits per heavy atom. The van der Waals surface area contributed by atoms with Crippen molar-refractivity contribution in [1.82, 2.24) is 14.9 Å². The lowest BCUT2D eigenvalue weighted by Crippen LogP contribution is -2.46. The molecule has 3 aromatic rings. The predicted molar refractivity (Wildman–Crippen MR) is 107 cm³/mol. The Hall–Kier alpha value is -1.98. The molecule has 0 amide bonds. The van der Waals surface area contributed by atoms with Gasteiger partial charge in [-0.3, -0.25) is 0 Å². The van der Waals surface area contributed by atoms with E-state index in [1.807, 2.05) is 24.3 Å². The van der Waals surface area contributed by atoms with E-state index >= 15 is 0 Å². The van der Waals surface area contributed by atoms with E-state index in [9.17, 15) is 0 Å². The van der Waals surface area contributed by atoms with Crippen LogP contribution in [0.3, 0.4) is 0 Å². The highest BCUT2D eigenvalue weighted by molar-refractivity contribution is 9.10. The third-order valence-electron chi connectivity index (χ3n) is 4.79. The van der Waals surface area contributed by atoms with Crippen LogP contribution in [-0.4, -0.2) is 47.6 Å². The van der Waals surface area contributed by atoms with Gasteiger partial charge in [-0.2, -0.15) is 0 Å². The number of likely N-dealkylation sites (N-methyl/N-ethyl adjacent to an activating group) is 1. The summed E-state index contributed by atoms with van der Waals surface area (Å²) in [5.41, 5.74) is 2.05. The van der Waals surface area contributed by atoms with Crippen LogP contribution in [0.4, 0.5) is 5.82 Å². The molecule has 4 rings (SSSR count). The molecule has 1 aliphatic rings. The Bertz CT molecular complexity index is 874. The Balaban J connectivity index is 1.81. The third-order valence-corrected chi connectivity index (χ3v) is 5.28. The molecule has 1 fully saturated rings. The minimum Gasteiger partial charge on any atom is -0.353 e. The number of halogens is 1. The average molecular weight is 397 g/mol. The van der Waals surface area contributed by atoms with Gasteiger partial charge in [-0.15, -0.1) is 0 Å². The van der Waals surface area contributed by atoms with Crippen molar-refractivity contribution in [3.8, 4) is 11.4 Å². The molecule has 0 radical (unpaired) electrons. The molecule has 5 heteroatoms. The topological polar surface area (TPSA) is 32.3 Å². The number of benzene rings is 2. The van der Waals surface area contributed by atoms with Gasteiger partial charge < -0.3 is 9.80 Å². The molecule has 0 spiro atoms. The molecule has 4 nitrogen and oxygen atoms in total. The van der Waals surface area contributed by atoms with Crippen molar-refractivity contribution in [2.45, 2.75) is 6.92 Å². The summed E-state index contributed by atoms with van der Waals surface area (Å²) in [6.07, 6.45) is 0. The molecule has 25 heavy (non-hydrogen) atoms. The quantitative estimate of drug-likeness (QED) is 0.663. The molecule has 1 aromatic heterocycles. The zero-order chi connectivity index (χ0) is 17.2. The molecule has 1 saturated heterocycles. The van der Waals surface area contributed by atoms with Crippen LogP contribution in [0.5, 0.6) is 0 Å². The summed E-state index contributed by atoms with van der Waals surface area (Å²) in [7, 11) is 0. The Morgan fingerprint density at radius 1 is 0.960 bits per heavy atom. The summed E-state index contributed by atoms with van der Waals surface area (Å²) in [5.74, 6) is 1.84. The molecule has 0 atom stereocenters. The first kappa shape index (κ1) is 16.5. The van der Waals surface area contributed by atoms with Crippen LogP contribution in [0, 0.1) is 0 Å². The fourth-order valence-electron chi connectivity index (χ4n) is 3.32. The van der Waals surface area contributed by atoms with Gasteiger partial charge in [0.15, 0.2) is 5.82 Å². The number of anilines is 1. The zero-order valence-electron chi connectivity index (χ0n) is 14.3. The van der Waals surface area contributed by atoms with Crippen LogP contribution in [0.1, 0.15) is 6.92 Å². The molecule has 0 saturated carbocycles. The van der Waals surface area contributed by atoms with Crippen molar-refractivity contribution in [2.24, 2.45) is 0 Å². The van der Waals surface area contributed by atoms with E-state index in [0.29, 0.717) is 0 Å². The highest BCUT2D eigenvalue weighted by atomic mass is 79.9. The maximum atomic E-state index is 4.96. The fraction of sp³-hybridized carbons (Fsp3) is 0.300. The van der Waals surface area contributed by atoms with Crippen LogP contribution in [0.15, 0.2) is 53.0 Å². The second-order valence-electron chi connectivity index (χ2n) is 6.32. The standard InChI is InChI=1S/C20H21BrN4/c1-2-24-10-12-25(13-11-24)20-17-14-16(21)8-9-18(17)22-19(23-20)15-6-4-3-5-7-15/h3-9,14H,2,10-13H2,1H3. The van der Waals surface area contributed by atoms with E-state index in [4.69, 9.17) is 9.97 Å². The summed E-state index contributed by atoms with van der Waals surface area (Å²) >= 11 is 3.59. The van der Waals surface area contributed by atoms with Crippen molar-refractivity contribution >= 4 is 32.7 Å².